The van der Waals surface area contributed by atoms with Crippen LogP contribution in [0.4, 0.5) is 4.39 Å². The van der Waals surface area contributed by atoms with Crippen LogP contribution in [-0.4, -0.2) is 25.6 Å². The second-order valence-electron chi connectivity index (χ2n) is 4.28. The topological polar surface area (TPSA) is 64.6 Å². The van der Waals surface area contributed by atoms with Gasteiger partial charge in [0.15, 0.2) is 6.61 Å². The normalized spacial score (nSPS) is 10.1. The van der Waals surface area contributed by atoms with E-state index in [4.69, 9.17) is 9.47 Å². The molecule has 7 heteroatoms. The molecule has 0 radical (unpaired) electrons. The molecule has 0 atom stereocenters. The van der Waals surface area contributed by atoms with Crippen LogP contribution in [0.2, 0.25) is 0 Å². The molecule has 0 bridgehead atoms. The lowest BCUT2D eigenvalue weighted by atomic mass is 10.2. The molecule has 0 saturated heterocycles. The van der Waals surface area contributed by atoms with Crippen LogP contribution in [0.1, 0.15) is 15.2 Å². The van der Waals surface area contributed by atoms with E-state index in [1.54, 1.807) is 0 Å². The van der Waals surface area contributed by atoms with Crippen LogP contribution in [0, 0.1) is 5.82 Å². The van der Waals surface area contributed by atoms with E-state index in [1.807, 2.05) is 17.5 Å². The SMILES string of the molecule is COc1ccc(C(=O)OCC(=O)NCc2cccs2)c(F)c1. The van der Waals surface area contributed by atoms with Crippen LogP contribution in [-0.2, 0) is 16.1 Å². The van der Waals surface area contributed by atoms with E-state index < -0.39 is 24.3 Å². The summed E-state index contributed by atoms with van der Waals surface area (Å²) >= 11 is 1.51. The zero-order valence-electron chi connectivity index (χ0n) is 11.8. The summed E-state index contributed by atoms with van der Waals surface area (Å²) in [5, 5.41) is 4.50. The number of hydrogen-bond acceptors (Lipinski definition) is 5. The van der Waals surface area contributed by atoms with Crippen molar-refractivity contribution >= 4 is 23.2 Å². The van der Waals surface area contributed by atoms with Crippen molar-refractivity contribution < 1.29 is 23.5 Å². The molecule has 1 aromatic heterocycles. The Kier molecular flexibility index (Phi) is 5.48. The van der Waals surface area contributed by atoms with Gasteiger partial charge in [-0.2, -0.15) is 0 Å². The number of benzene rings is 1. The monoisotopic (exact) mass is 323 g/mol. The standard InChI is InChI=1S/C15H14FNO4S/c1-20-10-4-5-12(13(16)7-10)15(19)21-9-14(18)17-8-11-3-2-6-22-11/h2-7H,8-9H2,1H3,(H,17,18). The van der Waals surface area contributed by atoms with E-state index in [0.29, 0.717) is 12.3 Å². The van der Waals surface area contributed by atoms with Gasteiger partial charge in [-0.25, -0.2) is 9.18 Å². The molecule has 0 aliphatic rings. The number of rotatable bonds is 6. The van der Waals surface area contributed by atoms with Crippen LogP contribution >= 0.6 is 11.3 Å². The minimum absolute atomic E-state index is 0.244. The second-order valence-corrected chi connectivity index (χ2v) is 5.31. The van der Waals surface area contributed by atoms with Crippen LogP contribution in [0.25, 0.3) is 0 Å². The van der Waals surface area contributed by atoms with Crippen LogP contribution in [0.5, 0.6) is 5.75 Å². The number of carbonyl (C=O) groups is 2. The average Bonchev–Trinajstić information content (AvgIpc) is 3.03. The molecule has 2 aromatic rings. The lowest BCUT2D eigenvalue weighted by Gasteiger charge is -2.07. The van der Waals surface area contributed by atoms with Gasteiger partial charge in [0.1, 0.15) is 11.6 Å². The van der Waals surface area contributed by atoms with E-state index in [0.717, 1.165) is 10.9 Å². The van der Waals surface area contributed by atoms with Gasteiger partial charge in [0.25, 0.3) is 5.91 Å². The third kappa shape index (κ3) is 4.29. The maximum atomic E-state index is 13.7. The molecule has 22 heavy (non-hydrogen) atoms. The van der Waals surface area contributed by atoms with Gasteiger partial charge in [0.2, 0.25) is 0 Å². The lowest BCUT2D eigenvalue weighted by molar-refractivity contribution is -0.124. The first-order chi connectivity index (χ1) is 10.6. The molecular weight excluding hydrogens is 309 g/mol. The molecule has 1 heterocycles. The summed E-state index contributed by atoms with van der Waals surface area (Å²) in [6.07, 6.45) is 0. The summed E-state index contributed by atoms with van der Waals surface area (Å²) in [4.78, 5) is 24.3. The minimum atomic E-state index is -0.897. The molecule has 0 fully saturated rings. The smallest absolute Gasteiger partial charge is 0.341 e. The van der Waals surface area contributed by atoms with Gasteiger partial charge >= 0.3 is 5.97 Å². The Balaban J connectivity index is 1.83. The van der Waals surface area contributed by atoms with Crippen molar-refractivity contribution in [2.24, 2.45) is 0 Å². The Morgan fingerprint density at radius 2 is 2.14 bits per heavy atom. The highest BCUT2D eigenvalue weighted by atomic mass is 32.1. The number of hydrogen-bond donors (Lipinski definition) is 1. The molecule has 0 spiro atoms. The molecule has 0 unspecified atom stereocenters. The largest absolute Gasteiger partial charge is 0.497 e. The minimum Gasteiger partial charge on any atom is -0.497 e. The number of halogens is 1. The zero-order chi connectivity index (χ0) is 15.9. The number of thiophene rings is 1. The molecule has 1 aromatic carbocycles. The number of esters is 1. The maximum Gasteiger partial charge on any atom is 0.341 e. The van der Waals surface area contributed by atoms with Crippen molar-refractivity contribution in [1.82, 2.24) is 5.32 Å². The molecule has 0 aliphatic carbocycles. The highest BCUT2D eigenvalue weighted by Crippen LogP contribution is 2.16. The van der Waals surface area contributed by atoms with Gasteiger partial charge in [-0.1, -0.05) is 6.07 Å². The summed E-state index contributed by atoms with van der Waals surface area (Å²) < 4.78 is 23.3. The predicted molar refractivity (Wildman–Crippen MR) is 79.4 cm³/mol. The van der Waals surface area contributed by atoms with Gasteiger partial charge in [0, 0.05) is 10.9 Å². The van der Waals surface area contributed by atoms with Gasteiger partial charge in [0.05, 0.1) is 19.2 Å². The van der Waals surface area contributed by atoms with Gasteiger partial charge in [-0.05, 0) is 23.6 Å². The fourth-order valence-corrected chi connectivity index (χ4v) is 2.29. The van der Waals surface area contributed by atoms with Crippen molar-refractivity contribution in [3.63, 3.8) is 0 Å². The van der Waals surface area contributed by atoms with Crippen LogP contribution in [0.3, 0.4) is 0 Å². The molecule has 0 aliphatic heterocycles. The zero-order valence-corrected chi connectivity index (χ0v) is 12.6. The highest BCUT2D eigenvalue weighted by molar-refractivity contribution is 7.09. The second kappa shape index (κ2) is 7.56. The molecular formula is C15H14FNO4S. The summed E-state index contributed by atoms with van der Waals surface area (Å²) in [6.45, 7) is -0.0966. The first-order valence-corrected chi connectivity index (χ1v) is 7.28. The lowest BCUT2D eigenvalue weighted by Crippen LogP contribution is -2.28. The van der Waals surface area contributed by atoms with Gasteiger partial charge in [-0.15, -0.1) is 11.3 Å². The summed E-state index contributed by atoms with van der Waals surface area (Å²) in [5.41, 5.74) is -0.244. The van der Waals surface area contributed by atoms with E-state index in [9.17, 15) is 14.0 Å². The predicted octanol–water partition coefficient (Wildman–Crippen LogP) is 2.37. The Morgan fingerprint density at radius 1 is 1.32 bits per heavy atom. The molecule has 0 saturated carbocycles. The van der Waals surface area contributed by atoms with Crippen molar-refractivity contribution in [3.8, 4) is 5.75 Å². The average molecular weight is 323 g/mol. The summed E-state index contributed by atoms with van der Waals surface area (Å²) in [5.74, 6) is -1.81. The number of methoxy groups -OCH3 is 1. The third-order valence-corrected chi connectivity index (χ3v) is 3.65. The van der Waals surface area contributed by atoms with Crippen LogP contribution < -0.4 is 10.1 Å². The maximum absolute atomic E-state index is 13.7. The summed E-state index contributed by atoms with van der Waals surface area (Å²) in [7, 11) is 1.39. The molecule has 2 rings (SSSR count). The Bertz CT molecular complexity index is 658. The van der Waals surface area contributed by atoms with E-state index in [2.05, 4.69) is 5.32 Å². The fourth-order valence-electron chi connectivity index (χ4n) is 1.65. The molecule has 116 valence electrons. The van der Waals surface area contributed by atoms with Gasteiger partial charge in [-0.3, -0.25) is 4.79 Å². The quantitative estimate of drug-likeness (QED) is 0.829. The van der Waals surface area contributed by atoms with Crippen LogP contribution in [0.15, 0.2) is 35.7 Å². The number of carbonyl (C=O) groups excluding carboxylic acids is 2. The van der Waals surface area contributed by atoms with Crippen molar-refractivity contribution in [1.29, 1.82) is 0 Å². The van der Waals surface area contributed by atoms with E-state index in [-0.39, 0.29) is 5.56 Å². The number of ether oxygens (including phenoxy) is 2. The number of nitrogens with one attached hydrogen (secondary N) is 1. The molecule has 1 amide bonds. The first-order valence-electron chi connectivity index (χ1n) is 6.40. The Hall–Kier alpha value is -2.41. The summed E-state index contributed by atoms with van der Waals surface area (Å²) in [6, 6.07) is 7.52. The first kappa shape index (κ1) is 16.0. The van der Waals surface area contributed by atoms with Crippen molar-refractivity contribution in [2.45, 2.75) is 6.54 Å². The number of amides is 1. The van der Waals surface area contributed by atoms with Crippen molar-refractivity contribution in [2.75, 3.05) is 13.7 Å². The highest BCUT2D eigenvalue weighted by Gasteiger charge is 2.15. The van der Waals surface area contributed by atoms with Crippen molar-refractivity contribution in [3.05, 3.63) is 52.0 Å². The van der Waals surface area contributed by atoms with E-state index in [1.165, 1.54) is 30.6 Å². The molecule has 1 N–H and O–H groups in total. The molecule has 5 nitrogen and oxygen atoms in total. The van der Waals surface area contributed by atoms with Gasteiger partial charge < -0.3 is 14.8 Å². The third-order valence-electron chi connectivity index (χ3n) is 2.77. The fraction of sp³-hybridized carbons (Fsp3) is 0.200. The Labute approximate surface area is 130 Å². The Morgan fingerprint density at radius 3 is 2.77 bits per heavy atom. The van der Waals surface area contributed by atoms with E-state index >= 15 is 0 Å².